The normalized spacial score (nSPS) is 14.7. The van der Waals surface area contributed by atoms with Crippen molar-refractivity contribution in [1.82, 2.24) is 9.55 Å². The third-order valence-electron chi connectivity index (χ3n) is 3.65. The number of carboxylic acids is 1. The van der Waals surface area contributed by atoms with Crippen molar-refractivity contribution in [2.45, 2.75) is 26.0 Å². The van der Waals surface area contributed by atoms with Crippen molar-refractivity contribution in [3.63, 3.8) is 0 Å². The van der Waals surface area contributed by atoms with E-state index in [0.717, 1.165) is 5.56 Å². The van der Waals surface area contributed by atoms with Gasteiger partial charge < -0.3 is 14.8 Å². The minimum atomic E-state index is -1.31. The molecule has 2 rings (SSSR count). The zero-order chi connectivity index (χ0) is 15.6. The Hall–Kier alpha value is -1.85. The standard InChI is InChI=1S/C15H17ClN2O3/c1-15(2,14(20)21)13(19)12(18-8-7-17-9-18)10-3-5-11(16)6-4-10/h3-9,12-13,19H,1-2H3,(H,20,21). The molecule has 0 aliphatic carbocycles. The SMILES string of the molecule is CC(C)(C(=O)O)C(O)C(c1ccc(Cl)cc1)n1ccnc1. The summed E-state index contributed by atoms with van der Waals surface area (Å²) in [7, 11) is 0. The number of imidazole rings is 1. The summed E-state index contributed by atoms with van der Waals surface area (Å²) < 4.78 is 1.69. The van der Waals surface area contributed by atoms with E-state index >= 15 is 0 Å². The van der Waals surface area contributed by atoms with Gasteiger partial charge in [-0.1, -0.05) is 23.7 Å². The Morgan fingerprint density at radius 1 is 1.33 bits per heavy atom. The lowest BCUT2D eigenvalue weighted by atomic mass is 9.80. The number of carbonyl (C=O) groups is 1. The summed E-state index contributed by atoms with van der Waals surface area (Å²) in [4.78, 5) is 15.4. The molecule has 0 bridgehead atoms. The zero-order valence-electron chi connectivity index (χ0n) is 11.8. The van der Waals surface area contributed by atoms with Crippen molar-refractivity contribution in [3.05, 3.63) is 53.6 Å². The molecule has 2 aromatic rings. The van der Waals surface area contributed by atoms with Crippen LogP contribution in [0.25, 0.3) is 0 Å². The van der Waals surface area contributed by atoms with Crippen LogP contribution in [-0.4, -0.2) is 31.8 Å². The quantitative estimate of drug-likeness (QED) is 0.890. The smallest absolute Gasteiger partial charge is 0.311 e. The molecule has 0 amide bonds. The van der Waals surface area contributed by atoms with E-state index in [4.69, 9.17) is 11.6 Å². The second-order valence-electron chi connectivity index (χ2n) is 5.48. The monoisotopic (exact) mass is 308 g/mol. The highest BCUT2D eigenvalue weighted by Crippen LogP contribution is 2.34. The van der Waals surface area contributed by atoms with Gasteiger partial charge in [0.25, 0.3) is 0 Å². The number of benzene rings is 1. The molecule has 2 unspecified atom stereocenters. The van der Waals surface area contributed by atoms with E-state index in [0.29, 0.717) is 5.02 Å². The maximum atomic E-state index is 11.4. The van der Waals surface area contributed by atoms with Crippen molar-refractivity contribution in [2.75, 3.05) is 0 Å². The third kappa shape index (κ3) is 3.09. The predicted octanol–water partition coefficient (Wildman–Crippen LogP) is 2.60. The Morgan fingerprint density at radius 2 is 1.95 bits per heavy atom. The number of aliphatic hydroxyl groups excluding tert-OH is 1. The second-order valence-corrected chi connectivity index (χ2v) is 5.91. The lowest BCUT2D eigenvalue weighted by Gasteiger charge is -2.33. The summed E-state index contributed by atoms with van der Waals surface area (Å²) in [5.74, 6) is -1.06. The molecule has 1 aromatic carbocycles. The largest absolute Gasteiger partial charge is 0.481 e. The number of hydrogen-bond acceptors (Lipinski definition) is 3. The molecule has 1 aromatic heterocycles. The van der Waals surface area contributed by atoms with Crippen LogP contribution in [0, 0.1) is 5.41 Å². The van der Waals surface area contributed by atoms with E-state index in [1.54, 1.807) is 47.6 Å². The lowest BCUT2D eigenvalue weighted by Crippen LogP contribution is -2.43. The van der Waals surface area contributed by atoms with Crippen molar-refractivity contribution in [3.8, 4) is 0 Å². The summed E-state index contributed by atoms with van der Waals surface area (Å²) in [5.41, 5.74) is -0.548. The minimum absolute atomic E-state index is 0.559. The molecule has 2 N–H and O–H groups in total. The van der Waals surface area contributed by atoms with Crippen molar-refractivity contribution in [2.24, 2.45) is 5.41 Å². The highest BCUT2D eigenvalue weighted by molar-refractivity contribution is 6.30. The summed E-state index contributed by atoms with van der Waals surface area (Å²) in [5, 5.41) is 20.6. The van der Waals surface area contributed by atoms with E-state index in [-0.39, 0.29) is 0 Å². The number of nitrogens with zero attached hydrogens (tertiary/aromatic N) is 2. The summed E-state index contributed by atoms with van der Waals surface area (Å²) in [6.45, 7) is 3.00. The fraction of sp³-hybridized carbons (Fsp3) is 0.333. The molecule has 0 saturated carbocycles. The summed E-state index contributed by atoms with van der Waals surface area (Å²) in [6.07, 6.45) is 3.70. The van der Waals surface area contributed by atoms with Gasteiger partial charge in [0, 0.05) is 17.4 Å². The van der Waals surface area contributed by atoms with Crippen molar-refractivity contribution < 1.29 is 15.0 Å². The predicted molar refractivity (Wildman–Crippen MR) is 79.2 cm³/mol. The molecule has 0 saturated heterocycles. The molecule has 0 radical (unpaired) electrons. The Bertz CT molecular complexity index is 608. The molecular weight excluding hydrogens is 292 g/mol. The van der Waals surface area contributed by atoms with Crippen LogP contribution < -0.4 is 0 Å². The first kappa shape index (κ1) is 15.5. The molecule has 112 valence electrons. The summed E-state index contributed by atoms with van der Waals surface area (Å²) in [6, 6.07) is 6.40. The number of aliphatic carboxylic acids is 1. The zero-order valence-corrected chi connectivity index (χ0v) is 12.5. The van der Waals surface area contributed by atoms with E-state index in [9.17, 15) is 15.0 Å². The molecule has 21 heavy (non-hydrogen) atoms. The maximum Gasteiger partial charge on any atom is 0.311 e. The highest BCUT2D eigenvalue weighted by atomic mass is 35.5. The van der Waals surface area contributed by atoms with E-state index in [2.05, 4.69) is 4.98 Å². The van der Waals surface area contributed by atoms with Crippen LogP contribution in [-0.2, 0) is 4.79 Å². The Kier molecular flexibility index (Phi) is 4.34. The number of aliphatic hydroxyl groups is 1. The van der Waals surface area contributed by atoms with Gasteiger partial charge in [-0.05, 0) is 31.5 Å². The molecular formula is C15H17ClN2O3. The van der Waals surface area contributed by atoms with Crippen LogP contribution in [0.3, 0.4) is 0 Å². The Balaban J connectivity index is 2.47. The number of hydrogen-bond donors (Lipinski definition) is 2. The Morgan fingerprint density at radius 3 is 2.43 bits per heavy atom. The minimum Gasteiger partial charge on any atom is -0.481 e. The van der Waals surface area contributed by atoms with Gasteiger partial charge in [0.1, 0.15) is 0 Å². The topological polar surface area (TPSA) is 75.3 Å². The van der Waals surface area contributed by atoms with Gasteiger partial charge in [-0.3, -0.25) is 4.79 Å². The van der Waals surface area contributed by atoms with Gasteiger partial charge in [0.15, 0.2) is 0 Å². The maximum absolute atomic E-state index is 11.4. The van der Waals surface area contributed by atoms with Crippen LogP contribution in [0.4, 0.5) is 0 Å². The number of rotatable bonds is 5. The van der Waals surface area contributed by atoms with Crippen LogP contribution in [0.15, 0.2) is 43.0 Å². The number of carboxylic acid groups (broad SMARTS) is 1. The molecule has 0 aliphatic rings. The average molecular weight is 309 g/mol. The fourth-order valence-corrected chi connectivity index (χ4v) is 2.26. The number of aromatic nitrogens is 2. The van der Waals surface area contributed by atoms with Crippen molar-refractivity contribution >= 4 is 17.6 Å². The van der Waals surface area contributed by atoms with Crippen molar-refractivity contribution in [1.29, 1.82) is 0 Å². The average Bonchev–Trinajstić information content (AvgIpc) is 2.94. The van der Waals surface area contributed by atoms with Crippen LogP contribution in [0.1, 0.15) is 25.5 Å². The van der Waals surface area contributed by atoms with Gasteiger partial charge >= 0.3 is 5.97 Å². The van der Waals surface area contributed by atoms with Gasteiger partial charge in [0.2, 0.25) is 0 Å². The summed E-state index contributed by atoms with van der Waals surface area (Å²) >= 11 is 5.89. The molecule has 0 aliphatic heterocycles. The van der Waals surface area contributed by atoms with E-state index < -0.39 is 23.5 Å². The third-order valence-corrected chi connectivity index (χ3v) is 3.90. The van der Waals surface area contributed by atoms with Gasteiger partial charge in [0.05, 0.1) is 23.9 Å². The first-order chi connectivity index (χ1) is 9.84. The molecule has 6 heteroatoms. The molecule has 5 nitrogen and oxygen atoms in total. The lowest BCUT2D eigenvalue weighted by molar-refractivity contribution is -0.154. The van der Waals surface area contributed by atoms with Crippen LogP contribution in [0.5, 0.6) is 0 Å². The molecule has 2 atom stereocenters. The fourth-order valence-electron chi connectivity index (χ4n) is 2.13. The second kappa shape index (κ2) is 5.87. The van der Waals surface area contributed by atoms with Gasteiger partial charge in [-0.25, -0.2) is 4.98 Å². The molecule has 0 fully saturated rings. The Labute approximate surface area is 127 Å². The van der Waals surface area contributed by atoms with E-state index in [1.165, 1.54) is 13.8 Å². The van der Waals surface area contributed by atoms with E-state index in [1.807, 2.05) is 0 Å². The number of halogens is 1. The van der Waals surface area contributed by atoms with Crippen LogP contribution >= 0.6 is 11.6 Å². The van der Waals surface area contributed by atoms with Gasteiger partial charge in [-0.15, -0.1) is 0 Å². The van der Waals surface area contributed by atoms with Gasteiger partial charge in [-0.2, -0.15) is 0 Å². The first-order valence-electron chi connectivity index (χ1n) is 6.48. The highest BCUT2D eigenvalue weighted by Gasteiger charge is 2.41. The van der Waals surface area contributed by atoms with Crippen LogP contribution in [0.2, 0.25) is 5.02 Å². The molecule has 1 heterocycles. The first-order valence-corrected chi connectivity index (χ1v) is 6.86. The molecule has 0 spiro atoms.